The lowest BCUT2D eigenvalue weighted by Gasteiger charge is -2.19. The van der Waals surface area contributed by atoms with Crippen LogP contribution in [0.1, 0.15) is 12.5 Å². The molecule has 0 spiro atoms. The van der Waals surface area contributed by atoms with Crippen LogP contribution in [0.3, 0.4) is 0 Å². The van der Waals surface area contributed by atoms with E-state index in [0.717, 1.165) is 14.0 Å². The molecule has 1 aromatic carbocycles. The van der Waals surface area contributed by atoms with Crippen LogP contribution in [0.5, 0.6) is 11.5 Å². The van der Waals surface area contributed by atoms with Gasteiger partial charge in [-0.3, -0.25) is 0 Å². The van der Waals surface area contributed by atoms with Crippen molar-refractivity contribution in [1.29, 1.82) is 0 Å². The fourth-order valence-electron chi connectivity index (χ4n) is 1.44. The molecule has 1 unspecified atom stereocenters. The molecule has 0 amide bonds. The van der Waals surface area contributed by atoms with Crippen molar-refractivity contribution in [2.75, 3.05) is 21.3 Å². The maximum Gasteiger partial charge on any atom is 0.348 e. The summed E-state index contributed by atoms with van der Waals surface area (Å²) in [4.78, 5) is 11.3. The van der Waals surface area contributed by atoms with Crippen LogP contribution in [0.15, 0.2) is 18.2 Å². The van der Waals surface area contributed by atoms with Gasteiger partial charge < -0.3 is 14.2 Å². The first kappa shape index (κ1) is 13.3. The summed E-state index contributed by atoms with van der Waals surface area (Å²) in [6.45, 7) is 1.14. The molecule has 0 N–H and O–H groups in total. The van der Waals surface area contributed by atoms with E-state index in [1.54, 1.807) is 0 Å². The zero-order valence-electron chi connectivity index (χ0n) is 10.2. The maximum atomic E-state index is 14.2. The van der Waals surface area contributed by atoms with Crippen molar-refractivity contribution >= 4 is 5.97 Å². The number of carbonyl (C=O) groups excluding carboxylic acids is 1. The number of alkyl halides is 1. The molecular formula is C12H15FO4. The zero-order valence-corrected chi connectivity index (χ0v) is 10.2. The van der Waals surface area contributed by atoms with E-state index in [2.05, 4.69) is 4.74 Å². The molecule has 0 aromatic heterocycles. The van der Waals surface area contributed by atoms with Crippen molar-refractivity contribution in [3.8, 4) is 11.5 Å². The molecule has 5 heteroatoms. The number of benzene rings is 1. The molecule has 1 aromatic rings. The van der Waals surface area contributed by atoms with Crippen molar-refractivity contribution in [1.82, 2.24) is 0 Å². The van der Waals surface area contributed by atoms with Crippen LogP contribution in [0.2, 0.25) is 0 Å². The van der Waals surface area contributed by atoms with Gasteiger partial charge in [0.05, 0.1) is 21.3 Å². The number of hydrogen-bond acceptors (Lipinski definition) is 4. The zero-order chi connectivity index (χ0) is 13.1. The quantitative estimate of drug-likeness (QED) is 0.758. The third-order valence-electron chi connectivity index (χ3n) is 2.49. The summed E-state index contributed by atoms with van der Waals surface area (Å²) < 4.78 is 28.7. The molecule has 17 heavy (non-hydrogen) atoms. The SMILES string of the molecule is COC(=O)C(C)(F)c1ccc(OC)c(OC)c1. The van der Waals surface area contributed by atoms with Crippen molar-refractivity contribution < 1.29 is 23.4 Å². The van der Waals surface area contributed by atoms with E-state index >= 15 is 0 Å². The van der Waals surface area contributed by atoms with Crippen LogP contribution in [-0.4, -0.2) is 27.3 Å². The monoisotopic (exact) mass is 242 g/mol. The van der Waals surface area contributed by atoms with E-state index in [0.29, 0.717) is 11.5 Å². The normalized spacial score (nSPS) is 13.7. The van der Waals surface area contributed by atoms with Gasteiger partial charge in [0.1, 0.15) is 0 Å². The number of methoxy groups -OCH3 is 3. The van der Waals surface area contributed by atoms with Crippen molar-refractivity contribution in [3.05, 3.63) is 23.8 Å². The maximum absolute atomic E-state index is 14.2. The lowest BCUT2D eigenvalue weighted by molar-refractivity contribution is -0.154. The molecule has 0 fully saturated rings. The molecular weight excluding hydrogens is 227 g/mol. The highest BCUT2D eigenvalue weighted by Crippen LogP contribution is 2.34. The average Bonchev–Trinajstić information content (AvgIpc) is 2.36. The Bertz CT molecular complexity index is 415. The van der Waals surface area contributed by atoms with Crippen molar-refractivity contribution in [2.24, 2.45) is 0 Å². The van der Waals surface area contributed by atoms with Gasteiger partial charge in [0.25, 0.3) is 0 Å². The summed E-state index contributed by atoms with van der Waals surface area (Å²) in [5.74, 6) is -0.126. The minimum atomic E-state index is -2.21. The Morgan fingerprint density at radius 3 is 2.24 bits per heavy atom. The van der Waals surface area contributed by atoms with Gasteiger partial charge in [-0.1, -0.05) is 6.07 Å². The third kappa shape index (κ3) is 2.49. The predicted octanol–water partition coefficient (Wildman–Crippen LogP) is 2.06. The van der Waals surface area contributed by atoms with Crippen molar-refractivity contribution in [3.63, 3.8) is 0 Å². The molecule has 94 valence electrons. The van der Waals surface area contributed by atoms with Gasteiger partial charge in [0.15, 0.2) is 11.5 Å². The fourth-order valence-corrected chi connectivity index (χ4v) is 1.44. The van der Waals surface area contributed by atoms with Crippen LogP contribution >= 0.6 is 0 Å². The Labute approximate surface area is 99.3 Å². The van der Waals surface area contributed by atoms with Crippen LogP contribution in [0.25, 0.3) is 0 Å². The molecule has 4 nitrogen and oxygen atoms in total. The Kier molecular flexibility index (Phi) is 3.93. The molecule has 1 rings (SSSR count). The number of rotatable bonds is 4. The first-order chi connectivity index (χ1) is 7.97. The molecule has 0 saturated heterocycles. The molecule has 0 aliphatic rings. The second-order valence-electron chi connectivity index (χ2n) is 3.56. The number of hydrogen-bond donors (Lipinski definition) is 0. The van der Waals surface area contributed by atoms with Gasteiger partial charge in [0, 0.05) is 5.56 Å². The predicted molar refractivity (Wildman–Crippen MR) is 60.0 cm³/mol. The van der Waals surface area contributed by atoms with Gasteiger partial charge >= 0.3 is 5.97 Å². The Hall–Kier alpha value is -1.78. The lowest BCUT2D eigenvalue weighted by Crippen LogP contribution is -2.28. The highest BCUT2D eigenvalue weighted by atomic mass is 19.1. The summed E-state index contributed by atoms with van der Waals surface area (Å²) in [6, 6.07) is 4.41. The van der Waals surface area contributed by atoms with E-state index in [1.807, 2.05) is 0 Å². The second kappa shape index (κ2) is 5.03. The van der Waals surface area contributed by atoms with E-state index in [4.69, 9.17) is 9.47 Å². The Balaban J connectivity index is 3.19. The molecule has 1 atom stereocenters. The van der Waals surface area contributed by atoms with Gasteiger partial charge in [-0.2, -0.15) is 0 Å². The summed E-state index contributed by atoms with van der Waals surface area (Å²) in [5.41, 5.74) is -2.06. The van der Waals surface area contributed by atoms with Gasteiger partial charge in [-0.15, -0.1) is 0 Å². The molecule has 0 aliphatic heterocycles. The standard InChI is InChI=1S/C12H15FO4/c1-12(13,11(14)17-4)8-5-6-9(15-2)10(7-8)16-3/h5-7H,1-4H3. The van der Waals surface area contributed by atoms with Gasteiger partial charge in [-0.05, 0) is 19.1 Å². The van der Waals surface area contributed by atoms with Crippen LogP contribution in [0.4, 0.5) is 4.39 Å². The highest BCUT2D eigenvalue weighted by Gasteiger charge is 2.37. The Morgan fingerprint density at radius 1 is 1.18 bits per heavy atom. The van der Waals surface area contributed by atoms with E-state index in [1.165, 1.54) is 32.4 Å². The third-order valence-corrected chi connectivity index (χ3v) is 2.49. The molecule has 0 radical (unpaired) electrons. The number of halogens is 1. The minimum absolute atomic E-state index is 0.155. The summed E-state index contributed by atoms with van der Waals surface area (Å²) in [7, 11) is 4.06. The number of carbonyl (C=O) groups is 1. The van der Waals surface area contributed by atoms with Gasteiger partial charge in [0.2, 0.25) is 5.67 Å². The van der Waals surface area contributed by atoms with E-state index < -0.39 is 11.6 Å². The number of esters is 1. The molecule has 0 saturated carbocycles. The summed E-state index contributed by atoms with van der Waals surface area (Å²) in [5, 5.41) is 0. The largest absolute Gasteiger partial charge is 0.493 e. The van der Waals surface area contributed by atoms with E-state index in [9.17, 15) is 9.18 Å². The topological polar surface area (TPSA) is 44.8 Å². The fraction of sp³-hybridized carbons (Fsp3) is 0.417. The Morgan fingerprint density at radius 2 is 1.76 bits per heavy atom. The molecule has 0 aliphatic carbocycles. The van der Waals surface area contributed by atoms with Crippen molar-refractivity contribution in [2.45, 2.75) is 12.6 Å². The highest BCUT2D eigenvalue weighted by molar-refractivity contribution is 5.80. The van der Waals surface area contributed by atoms with E-state index in [-0.39, 0.29) is 5.56 Å². The van der Waals surface area contributed by atoms with Crippen LogP contribution < -0.4 is 9.47 Å². The molecule has 0 heterocycles. The lowest BCUT2D eigenvalue weighted by atomic mass is 9.97. The number of ether oxygens (including phenoxy) is 3. The smallest absolute Gasteiger partial charge is 0.348 e. The van der Waals surface area contributed by atoms with Crippen LogP contribution in [0, 0.1) is 0 Å². The summed E-state index contributed by atoms with van der Waals surface area (Å²) >= 11 is 0. The first-order valence-corrected chi connectivity index (χ1v) is 4.97. The summed E-state index contributed by atoms with van der Waals surface area (Å²) in [6.07, 6.45) is 0. The average molecular weight is 242 g/mol. The minimum Gasteiger partial charge on any atom is -0.493 e. The second-order valence-corrected chi connectivity index (χ2v) is 3.56. The first-order valence-electron chi connectivity index (χ1n) is 4.97. The van der Waals surface area contributed by atoms with Crippen LogP contribution in [-0.2, 0) is 15.2 Å². The van der Waals surface area contributed by atoms with Gasteiger partial charge in [-0.25, -0.2) is 9.18 Å². The molecule has 0 bridgehead atoms.